The molecule has 3 rings (SSSR count). The standard InChI is InChI=1S/C15H18N4O/c1-3-19-10(2)14(11-6-4-5-7-12(11)19)15-17-13(8-9-16)20-18-15/h4-7H,3,8-9,16H2,1-2H3. The van der Waals surface area contributed by atoms with Crippen molar-refractivity contribution in [3.05, 3.63) is 35.9 Å². The van der Waals surface area contributed by atoms with Crippen molar-refractivity contribution in [2.75, 3.05) is 6.54 Å². The van der Waals surface area contributed by atoms with Gasteiger partial charge in [0.05, 0.1) is 5.56 Å². The predicted octanol–water partition coefficient (Wildman–Crippen LogP) is 2.52. The van der Waals surface area contributed by atoms with Crippen molar-refractivity contribution in [2.45, 2.75) is 26.8 Å². The number of hydrogen-bond acceptors (Lipinski definition) is 4. The molecule has 0 aliphatic rings. The average Bonchev–Trinajstić information content (AvgIpc) is 3.00. The zero-order chi connectivity index (χ0) is 14.1. The second kappa shape index (κ2) is 5.09. The highest BCUT2D eigenvalue weighted by atomic mass is 16.5. The predicted molar refractivity (Wildman–Crippen MR) is 78.4 cm³/mol. The highest BCUT2D eigenvalue weighted by Crippen LogP contribution is 2.32. The van der Waals surface area contributed by atoms with Crippen molar-refractivity contribution in [3.63, 3.8) is 0 Å². The Bertz CT molecular complexity index is 741. The highest BCUT2D eigenvalue weighted by Gasteiger charge is 2.18. The Morgan fingerprint density at radius 3 is 2.85 bits per heavy atom. The summed E-state index contributed by atoms with van der Waals surface area (Å²) in [6, 6.07) is 8.30. The summed E-state index contributed by atoms with van der Waals surface area (Å²) >= 11 is 0. The largest absolute Gasteiger partial charge is 0.344 e. The number of rotatable bonds is 4. The third kappa shape index (κ3) is 1.91. The third-order valence-electron chi connectivity index (χ3n) is 3.60. The maximum atomic E-state index is 5.52. The Hall–Kier alpha value is -2.14. The lowest BCUT2D eigenvalue weighted by Gasteiger charge is -2.03. The fourth-order valence-electron chi connectivity index (χ4n) is 2.70. The van der Waals surface area contributed by atoms with Gasteiger partial charge in [0, 0.05) is 36.1 Å². The molecule has 0 unspecified atom stereocenters. The Labute approximate surface area is 117 Å². The second-order valence-corrected chi connectivity index (χ2v) is 4.77. The smallest absolute Gasteiger partial charge is 0.228 e. The molecule has 0 spiro atoms. The van der Waals surface area contributed by atoms with Gasteiger partial charge in [0.15, 0.2) is 0 Å². The minimum atomic E-state index is 0.511. The van der Waals surface area contributed by atoms with E-state index >= 15 is 0 Å². The first-order chi connectivity index (χ1) is 9.76. The molecule has 3 aromatic rings. The molecule has 0 aliphatic heterocycles. The zero-order valence-corrected chi connectivity index (χ0v) is 11.8. The first-order valence-corrected chi connectivity index (χ1v) is 6.87. The minimum Gasteiger partial charge on any atom is -0.344 e. The minimum absolute atomic E-state index is 0.511. The Kier molecular flexibility index (Phi) is 3.28. The van der Waals surface area contributed by atoms with Crippen molar-refractivity contribution in [2.24, 2.45) is 5.73 Å². The number of hydrogen-bond donors (Lipinski definition) is 1. The SMILES string of the molecule is CCn1c(C)c(-c2noc(CCN)n2)c2ccccc21. The van der Waals surface area contributed by atoms with Gasteiger partial charge in [0.2, 0.25) is 11.7 Å². The molecular weight excluding hydrogens is 252 g/mol. The second-order valence-electron chi connectivity index (χ2n) is 4.77. The maximum Gasteiger partial charge on any atom is 0.228 e. The summed E-state index contributed by atoms with van der Waals surface area (Å²) in [5, 5.41) is 5.27. The number of para-hydroxylation sites is 1. The van der Waals surface area contributed by atoms with E-state index in [1.807, 2.05) is 12.1 Å². The fourth-order valence-corrected chi connectivity index (χ4v) is 2.70. The van der Waals surface area contributed by atoms with E-state index in [1.165, 1.54) is 5.52 Å². The number of nitrogens with two attached hydrogens (primary N) is 1. The summed E-state index contributed by atoms with van der Waals surface area (Å²) in [6.07, 6.45) is 0.610. The number of aromatic nitrogens is 3. The molecular formula is C15H18N4O. The third-order valence-corrected chi connectivity index (χ3v) is 3.60. The summed E-state index contributed by atoms with van der Waals surface area (Å²) in [7, 11) is 0. The van der Waals surface area contributed by atoms with Gasteiger partial charge >= 0.3 is 0 Å². The molecule has 2 N–H and O–H groups in total. The number of benzene rings is 1. The van der Waals surface area contributed by atoms with Crippen LogP contribution in [0.2, 0.25) is 0 Å². The fraction of sp³-hybridized carbons (Fsp3) is 0.333. The summed E-state index contributed by atoms with van der Waals surface area (Å²) < 4.78 is 7.52. The Balaban J connectivity index is 2.21. The number of fused-ring (bicyclic) bond motifs is 1. The van der Waals surface area contributed by atoms with Crippen LogP contribution in [0.25, 0.3) is 22.3 Å². The number of nitrogens with zero attached hydrogens (tertiary/aromatic N) is 3. The van der Waals surface area contributed by atoms with E-state index < -0.39 is 0 Å². The lowest BCUT2D eigenvalue weighted by atomic mass is 10.1. The van der Waals surface area contributed by atoms with E-state index in [-0.39, 0.29) is 0 Å². The zero-order valence-electron chi connectivity index (χ0n) is 11.8. The monoisotopic (exact) mass is 270 g/mol. The Morgan fingerprint density at radius 2 is 2.10 bits per heavy atom. The first-order valence-electron chi connectivity index (χ1n) is 6.87. The number of aryl methyl sites for hydroxylation is 1. The molecule has 0 radical (unpaired) electrons. The van der Waals surface area contributed by atoms with E-state index in [9.17, 15) is 0 Å². The van der Waals surface area contributed by atoms with Crippen LogP contribution in [-0.2, 0) is 13.0 Å². The Morgan fingerprint density at radius 1 is 1.30 bits per heavy atom. The van der Waals surface area contributed by atoms with Gasteiger partial charge in [-0.05, 0) is 19.9 Å². The molecule has 0 amide bonds. The van der Waals surface area contributed by atoms with Gasteiger partial charge in [-0.1, -0.05) is 23.4 Å². The molecule has 104 valence electrons. The van der Waals surface area contributed by atoms with Gasteiger partial charge in [-0.25, -0.2) is 0 Å². The first kappa shape index (κ1) is 12.9. The van der Waals surface area contributed by atoms with Crippen LogP contribution in [0.15, 0.2) is 28.8 Å². The molecule has 1 aromatic carbocycles. The van der Waals surface area contributed by atoms with Crippen molar-refractivity contribution < 1.29 is 4.52 Å². The molecule has 0 saturated carbocycles. The average molecular weight is 270 g/mol. The van der Waals surface area contributed by atoms with E-state index in [1.54, 1.807) is 0 Å². The van der Waals surface area contributed by atoms with E-state index in [2.05, 4.69) is 40.7 Å². The normalized spacial score (nSPS) is 11.3. The van der Waals surface area contributed by atoms with E-state index in [4.69, 9.17) is 10.3 Å². The molecule has 2 heterocycles. The van der Waals surface area contributed by atoms with Crippen molar-refractivity contribution in [1.29, 1.82) is 0 Å². The van der Waals surface area contributed by atoms with Crippen LogP contribution in [0.4, 0.5) is 0 Å². The van der Waals surface area contributed by atoms with Gasteiger partial charge < -0.3 is 14.8 Å². The molecule has 0 saturated heterocycles. The molecule has 0 atom stereocenters. The van der Waals surface area contributed by atoms with Crippen LogP contribution < -0.4 is 5.73 Å². The van der Waals surface area contributed by atoms with Gasteiger partial charge in [0.25, 0.3) is 0 Å². The van der Waals surface area contributed by atoms with Gasteiger partial charge in [0.1, 0.15) is 0 Å². The van der Waals surface area contributed by atoms with Gasteiger partial charge in [-0.2, -0.15) is 4.98 Å². The van der Waals surface area contributed by atoms with Crippen LogP contribution in [0.1, 0.15) is 18.5 Å². The van der Waals surface area contributed by atoms with E-state index in [0.717, 1.165) is 23.2 Å². The molecule has 5 nitrogen and oxygen atoms in total. The quantitative estimate of drug-likeness (QED) is 0.791. The lowest BCUT2D eigenvalue weighted by Crippen LogP contribution is -2.02. The van der Waals surface area contributed by atoms with E-state index in [0.29, 0.717) is 24.7 Å². The van der Waals surface area contributed by atoms with Crippen LogP contribution >= 0.6 is 0 Å². The highest BCUT2D eigenvalue weighted by molar-refractivity contribution is 5.96. The summed E-state index contributed by atoms with van der Waals surface area (Å²) in [4.78, 5) is 4.46. The van der Waals surface area contributed by atoms with Gasteiger partial charge in [-0.15, -0.1) is 0 Å². The molecule has 5 heteroatoms. The maximum absolute atomic E-state index is 5.52. The van der Waals surface area contributed by atoms with Crippen molar-refractivity contribution in [1.82, 2.24) is 14.7 Å². The molecule has 0 fully saturated rings. The van der Waals surface area contributed by atoms with Crippen LogP contribution in [-0.4, -0.2) is 21.3 Å². The molecule has 0 bridgehead atoms. The summed E-state index contributed by atoms with van der Waals surface area (Å²) in [5.41, 5.74) is 8.94. The molecule has 0 aliphatic carbocycles. The summed E-state index contributed by atoms with van der Waals surface area (Å²) in [5.74, 6) is 1.24. The summed E-state index contributed by atoms with van der Waals surface area (Å²) in [6.45, 7) is 5.66. The van der Waals surface area contributed by atoms with Gasteiger partial charge in [-0.3, -0.25) is 0 Å². The van der Waals surface area contributed by atoms with Crippen molar-refractivity contribution in [3.8, 4) is 11.4 Å². The van der Waals surface area contributed by atoms with Crippen LogP contribution in [0.5, 0.6) is 0 Å². The van der Waals surface area contributed by atoms with Crippen molar-refractivity contribution >= 4 is 10.9 Å². The van der Waals surface area contributed by atoms with Crippen LogP contribution in [0.3, 0.4) is 0 Å². The topological polar surface area (TPSA) is 69.9 Å². The lowest BCUT2D eigenvalue weighted by molar-refractivity contribution is 0.380. The van der Waals surface area contributed by atoms with Crippen LogP contribution in [0, 0.1) is 6.92 Å². The molecule has 20 heavy (non-hydrogen) atoms. The molecule has 2 aromatic heterocycles.